The third kappa shape index (κ3) is 4.85. The van der Waals surface area contributed by atoms with Crippen LogP contribution in [0, 0.1) is 11.8 Å². The van der Waals surface area contributed by atoms with Crippen molar-refractivity contribution < 1.29 is 10.2 Å². The van der Waals surface area contributed by atoms with Crippen LogP contribution in [-0.4, -0.2) is 22.4 Å². The fourth-order valence-corrected chi connectivity index (χ4v) is 4.82. The smallest absolute Gasteiger partial charge is 0.0651 e. The fourth-order valence-electron chi connectivity index (χ4n) is 4.82. The molecular weight excluding hydrogens is 344 g/mol. The maximum atomic E-state index is 9.88. The van der Waals surface area contributed by atoms with Crippen LogP contribution < -0.4 is 0 Å². The van der Waals surface area contributed by atoms with Gasteiger partial charge in [0.05, 0.1) is 12.2 Å². The summed E-state index contributed by atoms with van der Waals surface area (Å²) in [6, 6.07) is 16.8. The Morgan fingerprint density at radius 1 is 0.643 bits per heavy atom. The summed E-state index contributed by atoms with van der Waals surface area (Å²) in [6.45, 7) is 8.71. The summed E-state index contributed by atoms with van der Waals surface area (Å²) >= 11 is 0. The highest BCUT2D eigenvalue weighted by Gasteiger charge is 2.33. The monoisotopic (exact) mass is 384 g/mol. The van der Waals surface area contributed by atoms with Gasteiger partial charge in [-0.1, -0.05) is 91.1 Å². The molecule has 0 fully saturated rings. The molecule has 0 amide bonds. The molecule has 4 atom stereocenters. The lowest BCUT2D eigenvalue weighted by molar-refractivity contribution is 0.136. The Morgan fingerprint density at radius 2 is 0.964 bits per heavy atom. The summed E-state index contributed by atoms with van der Waals surface area (Å²) in [5.74, 6) is 1.74. The second kappa shape index (κ2) is 10.2. The van der Waals surface area contributed by atoms with Gasteiger partial charge in [-0.15, -0.1) is 0 Å². The van der Waals surface area contributed by atoms with E-state index >= 15 is 0 Å². The second-order valence-electron chi connectivity index (χ2n) is 8.48. The van der Waals surface area contributed by atoms with Gasteiger partial charge in [0.1, 0.15) is 0 Å². The van der Waals surface area contributed by atoms with E-state index in [0.717, 1.165) is 12.8 Å². The molecule has 156 valence electrons. The zero-order valence-corrected chi connectivity index (χ0v) is 16.4. The number of fused-ring (bicyclic) bond motifs is 2. The number of aliphatic hydroxyl groups excluding tert-OH is 2. The minimum Gasteiger partial charge on any atom is -0.392 e. The predicted octanol–water partition coefficient (Wildman–Crippen LogP) is 5.96. The molecule has 2 aliphatic carbocycles. The van der Waals surface area contributed by atoms with Crippen LogP contribution in [0.25, 0.3) is 0 Å². The van der Waals surface area contributed by atoms with Gasteiger partial charge in [-0.3, -0.25) is 0 Å². The van der Waals surface area contributed by atoms with Crippen LogP contribution >= 0.6 is 0 Å². The summed E-state index contributed by atoms with van der Waals surface area (Å²) < 4.78 is 0. The highest BCUT2D eigenvalue weighted by Crippen LogP contribution is 2.39. The van der Waals surface area contributed by atoms with E-state index in [9.17, 15) is 10.2 Å². The molecule has 0 bridgehead atoms. The molecule has 0 radical (unpaired) electrons. The molecule has 2 aromatic rings. The molecule has 2 aliphatic rings. The molecule has 0 saturated carbocycles. The van der Waals surface area contributed by atoms with Crippen molar-refractivity contribution in [2.24, 2.45) is 11.8 Å². The maximum Gasteiger partial charge on any atom is 0.0651 e. The first-order valence-corrected chi connectivity index (χ1v) is 9.91. The molecule has 28 heavy (non-hydrogen) atoms. The second-order valence-corrected chi connectivity index (χ2v) is 8.48. The number of hydrogen-bond donors (Lipinski definition) is 2. The average Bonchev–Trinajstić information content (AvgIpc) is 3.10. The van der Waals surface area contributed by atoms with Crippen molar-refractivity contribution in [3.8, 4) is 0 Å². The van der Waals surface area contributed by atoms with Crippen LogP contribution in [0.3, 0.4) is 0 Å². The largest absolute Gasteiger partial charge is 0.392 e. The van der Waals surface area contributed by atoms with Crippen molar-refractivity contribution in [2.45, 2.75) is 79.4 Å². The molecule has 4 rings (SSSR count). The molecule has 0 spiro atoms. The van der Waals surface area contributed by atoms with Crippen LogP contribution in [0.4, 0.5) is 0 Å². The van der Waals surface area contributed by atoms with Crippen molar-refractivity contribution in [3.05, 3.63) is 70.8 Å². The summed E-state index contributed by atoms with van der Waals surface area (Å²) in [4.78, 5) is 0. The maximum absolute atomic E-state index is 9.88. The van der Waals surface area contributed by atoms with Gasteiger partial charge in [0, 0.05) is 11.8 Å². The Morgan fingerprint density at radius 3 is 1.29 bits per heavy atom. The topological polar surface area (TPSA) is 40.5 Å². The van der Waals surface area contributed by atoms with Crippen molar-refractivity contribution in [2.75, 3.05) is 0 Å². The Balaban J connectivity index is 0.000000261. The van der Waals surface area contributed by atoms with E-state index in [4.69, 9.17) is 0 Å². The van der Waals surface area contributed by atoms with Crippen molar-refractivity contribution in [1.82, 2.24) is 0 Å². The van der Waals surface area contributed by atoms with E-state index in [1.165, 1.54) is 22.3 Å². The van der Waals surface area contributed by atoms with Crippen molar-refractivity contribution >= 4 is 0 Å². The molecular formula is C26H40O2. The fraction of sp³-hybridized carbons (Fsp3) is 0.538. The van der Waals surface area contributed by atoms with Gasteiger partial charge in [0.2, 0.25) is 0 Å². The molecule has 2 heteroatoms. The normalized spacial score (nSPS) is 24.6. The lowest BCUT2D eigenvalue weighted by atomic mass is 9.89. The number of benzene rings is 2. The van der Waals surface area contributed by atoms with Crippen molar-refractivity contribution in [3.63, 3.8) is 0 Å². The zero-order valence-electron chi connectivity index (χ0n) is 16.4. The van der Waals surface area contributed by atoms with Gasteiger partial charge in [-0.25, -0.2) is 0 Å². The van der Waals surface area contributed by atoms with Crippen LogP contribution in [0.15, 0.2) is 48.5 Å². The molecule has 0 aliphatic heterocycles. The predicted molar refractivity (Wildman–Crippen MR) is 121 cm³/mol. The Kier molecular flexibility index (Phi) is 8.91. The van der Waals surface area contributed by atoms with E-state index in [1.54, 1.807) is 0 Å². The van der Waals surface area contributed by atoms with Crippen LogP contribution in [0.1, 0.15) is 76.6 Å². The first-order chi connectivity index (χ1) is 12.4. The van der Waals surface area contributed by atoms with E-state index in [0.29, 0.717) is 23.7 Å². The average molecular weight is 385 g/mol. The molecule has 0 saturated heterocycles. The highest BCUT2D eigenvalue weighted by atomic mass is 16.3. The Bertz CT molecular complexity index is 671. The summed E-state index contributed by atoms with van der Waals surface area (Å²) in [6.07, 6.45) is 1.33. The summed E-state index contributed by atoms with van der Waals surface area (Å²) in [5, 5.41) is 19.8. The third-order valence-corrected chi connectivity index (χ3v) is 5.95. The van der Waals surface area contributed by atoms with Gasteiger partial charge >= 0.3 is 0 Å². The van der Waals surface area contributed by atoms with E-state index in [2.05, 4.69) is 64.1 Å². The highest BCUT2D eigenvalue weighted by molar-refractivity contribution is 5.38. The molecule has 2 N–H and O–H groups in total. The van der Waals surface area contributed by atoms with Crippen molar-refractivity contribution in [1.29, 1.82) is 0 Å². The third-order valence-electron chi connectivity index (χ3n) is 5.95. The van der Waals surface area contributed by atoms with Crippen LogP contribution in [0.5, 0.6) is 0 Å². The molecule has 0 unspecified atom stereocenters. The van der Waals surface area contributed by atoms with Gasteiger partial charge in [-0.2, -0.15) is 0 Å². The molecule has 0 aromatic heterocycles. The minimum atomic E-state index is -0.169. The molecule has 2 aromatic carbocycles. The van der Waals surface area contributed by atoms with Gasteiger partial charge in [0.25, 0.3) is 0 Å². The lowest BCUT2D eigenvalue weighted by Gasteiger charge is -2.19. The Labute approximate surface area is 172 Å². The summed E-state index contributed by atoms with van der Waals surface area (Å²) in [5.41, 5.74) is 5.36. The van der Waals surface area contributed by atoms with Crippen LogP contribution in [0.2, 0.25) is 0 Å². The van der Waals surface area contributed by atoms with Gasteiger partial charge in [-0.05, 0) is 46.9 Å². The number of rotatable bonds is 2. The van der Waals surface area contributed by atoms with E-state index in [-0.39, 0.29) is 27.1 Å². The molecule has 2 nitrogen and oxygen atoms in total. The quantitative estimate of drug-likeness (QED) is 0.671. The number of hydrogen-bond acceptors (Lipinski definition) is 2. The minimum absolute atomic E-state index is 0. The summed E-state index contributed by atoms with van der Waals surface area (Å²) in [7, 11) is 0. The zero-order chi connectivity index (χ0) is 18.8. The van der Waals surface area contributed by atoms with E-state index in [1.807, 2.05) is 12.1 Å². The number of aliphatic hydroxyl groups is 2. The SMILES string of the molecule is C.C.CC(C)[C@@H]1c2ccccc2C[C@@H]1O.CC(C)[C@H]1c2ccccc2C[C@H]1O. The molecule has 0 heterocycles. The standard InChI is InChI=1S/2C12H16O.2CH4/c2*1-8(2)12-10-6-4-3-5-9(10)7-11(12)13;;/h2*3-6,8,11-13H,7H2,1-2H3;2*1H4/t2*11-,12+;;/m10../s1. The first kappa shape index (κ1) is 24.4. The lowest BCUT2D eigenvalue weighted by Crippen LogP contribution is -2.18. The van der Waals surface area contributed by atoms with E-state index < -0.39 is 0 Å². The van der Waals surface area contributed by atoms with Gasteiger partial charge < -0.3 is 10.2 Å². The first-order valence-electron chi connectivity index (χ1n) is 9.91. The van der Waals surface area contributed by atoms with Gasteiger partial charge in [0.15, 0.2) is 0 Å². The Hall–Kier alpha value is -1.64. The van der Waals surface area contributed by atoms with Crippen LogP contribution in [-0.2, 0) is 12.8 Å².